The average Bonchev–Trinajstić information content (AvgIpc) is 2.74. The van der Waals surface area contributed by atoms with Crippen molar-refractivity contribution in [3.63, 3.8) is 0 Å². The number of amides is 1. The maximum atomic E-state index is 11.6. The average molecular weight is 308 g/mol. The molecule has 0 saturated carbocycles. The number of para-hydroxylation sites is 1. The van der Waals surface area contributed by atoms with Crippen LogP contribution in [0.25, 0.3) is 6.08 Å². The van der Waals surface area contributed by atoms with Crippen LogP contribution >= 0.6 is 12.2 Å². The lowest BCUT2D eigenvalue weighted by Gasteiger charge is -2.11. The van der Waals surface area contributed by atoms with Gasteiger partial charge < -0.3 is 19.9 Å². The Labute approximate surface area is 125 Å². The topological polar surface area (TPSA) is 96.9 Å². The van der Waals surface area contributed by atoms with E-state index in [1.807, 2.05) is 0 Å². The molecule has 1 aliphatic heterocycles. The Hall–Kier alpha value is -2.61. The lowest BCUT2D eigenvalue weighted by molar-refractivity contribution is -0.139. The maximum Gasteiger partial charge on any atom is 0.341 e. The Morgan fingerprint density at radius 1 is 1.43 bits per heavy atom. The number of thiocarbonyl (C=S) groups is 1. The van der Waals surface area contributed by atoms with Gasteiger partial charge in [0.2, 0.25) is 0 Å². The molecule has 0 aliphatic carbocycles. The van der Waals surface area contributed by atoms with E-state index in [2.05, 4.69) is 10.6 Å². The van der Waals surface area contributed by atoms with Gasteiger partial charge in [-0.05, 0) is 24.4 Å². The molecule has 1 aromatic carbocycles. The van der Waals surface area contributed by atoms with E-state index in [0.29, 0.717) is 11.3 Å². The van der Waals surface area contributed by atoms with Gasteiger partial charge in [0.15, 0.2) is 23.2 Å². The van der Waals surface area contributed by atoms with E-state index in [-0.39, 0.29) is 22.5 Å². The Morgan fingerprint density at radius 2 is 2.19 bits per heavy atom. The summed E-state index contributed by atoms with van der Waals surface area (Å²) in [5.74, 6) is -0.837. The molecule has 3 N–H and O–H groups in total. The number of rotatable bonds is 5. The van der Waals surface area contributed by atoms with Crippen molar-refractivity contribution in [2.75, 3.05) is 13.7 Å². The molecule has 1 heterocycles. The molecule has 0 unspecified atom stereocenters. The molecule has 1 fully saturated rings. The van der Waals surface area contributed by atoms with Gasteiger partial charge in [-0.15, -0.1) is 0 Å². The van der Waals surface area contributed by atoms with Crippen molar-refractivity contribution in [3.8, 4) is 11.5 Å². The Bertz CT molecular complexity index is 641. The number of carboxylic acids is 1. The van der Waals surface area contributed by atoms with Crippen molar-refractivity contribution in [2.45, 2.75) is 0 Å². The molecule has 0 radical (unpaired) electrons. The number of benzene rings is 1. The van der Waals surface area contributed by atoms with Crippen molar-refractivity contribution < 1.29 is 24.2 Å². The van der Waals surface area contributed by atoms with Crippen LogP contribution in [0.2, 0.25) is 0 Å². The van der Waals surface area contributed by atoms with E-state index >= 15 is 0 Å². The molecule has 1 aromatic rings. The molecule has 1 aliphatic rings. The fourth-order valence-electron chi connectivity index (χ4n) is 1.76. The summed E-state index contributed by atoms with van der Waals surface area (Å²) < 4.78 is 10.4. The summed E-state index contributed by atoms with van der Waals surface area (Å²) >= 11 is 4.84. The largest absolute Gasteiger partial charge is 0.492 e. The molecular weight excluding hydrogens is 296 g/mol. The van der Waals surface area contributed by atoms with Crippen LogP contribution in [-0.2, 0) is 9.59 Å². The zero-order chi connectivity index (χ0) is 15.4. The Balaban J connectivity index is 2.33. The third-order valence-electron chi connectivity index (χ3n) is 2.58. The third kappa shape index (κ3) is 3.48. The minimum atomic E-state index is -1.09. The van der Waals surface area contributed by atoms with Crippen LogP contribution in [0.15, 0.2) is 23.9 Å². The lowest BCUT2D eigenvalue weighted by Crippen LogP contribution is -2.21. The molecule has 0 bridgehead atoms. The van der Waals surface area contributed by atoms with Crippen LogP contribution in [0.4, 0.5) is 0 Å². The number of carbonyl (C=O) groups excluding carboxylic acids is 1. The highest BCUT2D eigenvalue weighted by Gasteiger charge is 2.21. The van der Waals surface area contributed by atoms with Crippen molar-refractivity contribution in [1.29, 1.82) is 0 Å². The molecule has 0 atom stereocenters. The van der Waals surface area contributed by atoms with Gasteiger partial charge in [-0.3, -0.25) is 10.1 Å². The number of aliphatic carboxylic acids is 1. The quantitative estimate of drug-likeness (QED) is 0.538. The summed E-state index contributed by atoms with van der Waals surface area (Å²) in [6, 6.07) is 4.95. The first-order valence-electron chi connectivity index (χ1n) is 5.87. The zero-order valence-corrected chi connectivity index (χ0v) is 11.8. The van der Waals surface area contributed by atoms with Crippen molar-refractivity contribution >= 4 is 35.3 Å². The standard InChI is InChI=1S/C13H12N2O5S/c1-19-11-7(5-8-12(18)15-13(21)14-8)3-2-4-9(11)20-6-10(16)17/h2-5H,6H2,1H3,(H,16,17)(H2,14,15,18,21). The predicted octanol–water partition coefficient (Wildman–Crippen LogP) is 0.504. The van der Waals surface area contributed by atoms with Crippen molar-refractivity contribution in [2.24, 2.45) is 0 Å². The molecular formula is C13H12N2O5S. The first-order chi connectivity index (χ1) is 10.0. The number of methoxy groups -OCH3 is 1. The van der Waals surface area contributed by atoms with Crippen LogP contribution in [0, 0.1) is 0 Å². The lowest BCUT2D eigenvalue weighted by atomic mass is 10.1. The maximum absolute atomic E-state index is 11.6. The van der Waals surface area contributed by atoms with E-state index in [0.717, 1.165) is 0 Å². The minimum absolute atomic E-state index is 0.225. The van der Waals surface area contributed by atoms with E-state index in [1.165, 1.54) is 7.11 Å². The number of carboxylic acid groups (broad SMARTS) is 1. The van der Waals surface area contributed by atoms with E-state index in [9.17, 15) is 9.59 Å². The second-order valence-corrected chi connectivity index (χ2v) is 4.44. The SMILES string of the molecule is COc1c(C=C2NC(=S)NC2=O)cccc1OCC(=O)O. The molecule has 0 aromatic heterocycles. The van der Waals surface area contributed by atoms with Gasteiger partial charge in [-0.25, -0.2) is 4.79 Å². The minimum Gasteiger partial charge on any atom is -0.492 e. The summed E-state index contributed by atoms with van der Waals surface area (Å²) in [5, 5.41) is 14.0. The summed E-state index contributed by atoms with van der Waals surface area (Å²) in [6.45, 7) is -0.487. The van der Waals surface area contributed by atoms with Gasteiger partial charge in [0, 0.05) is 5.56 Å². The Morgan fingerprint density at radius 3 is 2.76 bits per heavy atom. The zero-order valence-electron chi connectivity index (χ0n) is 11.0. The highest BCUT2D eigenvalue weighted by molar-refractivity contribution is 7.80. The predicted molar refractivity (Wildman–Crippen MR) is 78.0 cm³/mol. The molecule has 21 heavy (non-hydrogen) atoms. The smallest absolute Gasteiger partial charge is 0.341 e. The second-order valence-electron chi connectivity index (χ2n) is 4.03. The fraction of sp³-hybridized carbons (Fsp3) is 0.154. The highest BCUT2D eigenvalue weighted by Crippen LogP contribution is 2.32. The molecule has 1 saturated heterocycles. The molecule has 7 nitrogen and oxygen atoms in total. The number of hydrogen-bond acceptors (Lipinski definition) is 5. The number of ether oxygens (including phenoxy) is 2. The molecule has 2 rings (SSSR count). The Kier molecular flexibility index (Phi) is 4.39. The monoisotopic (exact) mass is 308 g/mol. The van der Waals surface area contributed by atoms with E-state index < -0.39 is 12.6 Å². The number of hydrogen-bond donors (Lipinski definition) is 3. The van der Waals surface area contributed by atoms with E-state index in [1.54, 1.807) is 24.3 Å². The highest BCUT2D eigenvalue weighted by atomic mass is 32.1. The van der Waals surface area contributed by atoms with Crippen LogP contribution in [0.1, 0.15) is 5.56 Å². The molecule has 110 valence electrons. The van der Waals surface area contributed by atoms with Gasteiger partial charge in [-0.2, -0.15) is 0 Å². The van der Waals surface area contributed by atoms with Gasteiger partial charge >= 0.3 is 5.97 Å². The van der Waals surface area contributed by atoms with Crippen LogP contribution in [-0.4, -0.2) is 35.8 Å². The molecule has 1 amide bonds. The van der Waals surface area contributed by atoms with Gasteiger partial charge in [0.1, 0.15) is 5.70 Å². The van der Waals surface area contributed by atoms with Crippen LogP contribution in [0.3, 0.4) is 0 Å². The summed E-state index contributed by atoms with van der Waals surface area (Å²) in [7, 11) is 1.43. The van der Waals surface area contributed by atoms with Gasteiger partial charge in [-0.1, -0.05) is 12.1 Å². The number of nitrogens with one attached hydrogen (secondary N) is 2. The summed E-state index contributed by atoms with van der Waals surface area (Å²) in [6.07, 6.45) is 1.54. The molecule has 0 spiro atoms. The fourth-order valence-corrected chi connectivity index (χ4v) is 1.96. The first-order valence-corrected chi connectivity index (χ1v) is 6.27. The van der Waals surface area contributed by atoms with Gasteiger partial charge in [0.05, 0.1) is 7.11 Å². The molecule has 8 heteroatoms. The van der Waals surface area contributed by atoms with Crippen molar-refractivity contribution in [3.05, 3.63) is 29.5 Å². The van der Waals surface area contributed by atoms with Crippen molar-refractivity contribution in [1.82, 2.24) is 10.6 Å². The van der Waals surface area contributed by atoms with E-state index in [4.69, 9.17) is 26.8 Å². The summed E-state index contributed by atoms with van der Waals surface area (Å²) in [5.41, 5.74) is 0.830. The van der Waals surface area contributed by atoms with Crippen LogP contribution in [0.5, 0.6) is 11.5 Å². The normalized spacial score (nSPS) is 15.6. The van der Waals surface area contributed by atoms with Crippen LogP contribution < -0.4 is 20.1 Å². The summed E-state index contributed by atoms with van der Waals surface area (Å²) in [4.78, 5) is 22.2. The third-order valence-corrected chi connectivity index (χ3v) is 2.79. The van der Waals surface area contributed by atoms with Gasteiger partial charge in [0.25, 0.3) is 5.91 Å². The number of carbonyl (C=O) groups is 2. The second kappa shape index (κ2) is 6.23. The first kappa shape index (κ1) is 14.8.